The molecule has 0 amide bonds. The van der Waals surface area contributed by atoms with Crippen molar-refractivity contribution in [3.8, 4) is 11.5 Å². The molecule has 1 N–H and O–H groups in total. The standard InChI is InChI=1S/C34H37NO5/c1-5-8-20-34(25-17-14-23(11-6-2)15-18-25)39-29-19-16-24(21-30(29)40-34)32(36)31-22(4)35(27(7-3)33(37)38)28-13-10-9-12-26(28)31/h9-10,12-19,21,27H,5-8,11,20H2,1-4H3,(H,37,38). The lowest BCUT2D eigenvalue weighted by Gasteiger charge is -2.28. The fourth-order valence-electron chi connectivity index (χ4n) is 5.87. The van der Waals surface area contributed by atoms with Crippen molar-refractivity contribution in [2.24, 2.45) is 0 Å². The van der Waals surface area contributed by atoms with Crippen molar-refractivity contribution in [2.75, 3.05) is 0 Å². The monoisotopic (exact) mass is 539 g/mol. The van der Waals surface area contributed by atoms with Crippen LogP contribution in [-0.4, -0.2) is 21.4 Å². The van der Waals surface area contributed by atoms with Crippen molar-refractivity contribution in [3.63, 3.8) is 0 Å². The predicted molar refractivity (Wildman–Crippen MR) is 156 cm³/mol. The highest BCUT2D eigenvalue weighted by atomic mass is 16.7. The highest BCUT2D eigenvalue weighted by molar-refractivity contribution is 6.18. The van der Waals surface area contributed by atoms with E-state index < -0.39 is 17.8 Å². The van der Waals surface area contributed by atoms with Gasteiger partial charge in [0.15, 0.2) is 17.3 Å². The molecule has 1 aliphatic rings. The molecule has 0 saturated heterocycles. The second kappa shape index (κ2) is 11.2. The summed E-state index contributed by atoms with van der Waals surface area (Å²) in [7, 11) is 0. The van der Waals surface area contributed by atoms with Crippen LogP contribution >= 0.6 is 0 Å². The minimum absolute atomic E-state index is 0.172. The fourth-order valence-corrected chi connectivity index (χ4v) is 5.87. The molecule has 208 valence electrons. The number of aromatic nitrogens is 1. The third-order valence-electron chi connectivity index (χ3n) is 7.91. The van der Waals surface area contributed by atoms with Crippen LogP contribution in [0.15, 0.2) is 66.7 Å². The molecule has 40 heavy (non-hydrogen) atoms. The maximum absolute atomic E-state index is 14.0. The first-order valence-electron chi connectivity index (χ1n) is 14.3. The van der Waals surface area contributed by atoms with Crippen LogP contribution in [0.5, 0.6) is 11.5 Å². The van der Waals surface area contributed by atoms with Crippen LogP contribution in [0.2, 0.25) is 0 Å². The summed E-state index contributed by atoms with van der Waals surface area (Å²) in [5.41, 5.74) is 4.61. The van der Waals surface area contributed by atoms with E-state index in [4.69, 9.17) is 9.47 Å². The van der Waals surface area contributed by atoms with E-state index in [9.17, 15) is 14.7 Å². The molecule has 4 aromatic rings. The number of fused-ring (bicyclic) bond motifs is 2. The molecule has 6 heteroatoms. The second-order valence-electron chi connectivity index (χ2n) is 10.6. The maximum atomic E-state index is 14.0. The Morgan fingerprint density at radius 1 is 0.925 bits per heavy atom. The van der Waals surface area contributed by atoms with E-state index in [2.05, 4.69) is 38.1 Å². The second-order valence-corrected chi connectivity index (χ2v) is 10.6. The van der Waals surface area contributed by atoms with Gasteiger partial charge in [-0.05, 0) is 56.0 Å². The Bertz CT molecular complexity index is 1550. The molecule has 3 aromatic carbocycles. The molecular weight excluding hydrogens is 502 g/mol. The Hall–Kier alpha value is -4.06. The number of ketones is 1. The quantitative estimate of drug-likeness (QED) is 0.196. The Labute approximate surface area is 235 Å². The smallest absolute Gasteiger partial charge is 0.326 e. The van der Waals surface area contributed by atoms with Crippen LogP contribution < -0.4 is 9.47 Å². The summed E-state index contributed by atoms with van der Waals surface area (Å²) in [4.78, 5) is 26.1. The number of benzene rings is 3. The van der Waals surface area contributed by atoms with E-state index in [0.717, 1.165) is 42.1 Å². The molecule has 0 saturated carbocycles. The van der Waals surface area contributed by atoms with E-state index in [-0.39, 0.29) is 5.78 Å². The molecule has 1 aliphatic heterocycles. The Kier molecular flexibility index (Phi) is 7.70. The number of carbonyl (C=O) groups excluding carboxylic acids is 1. The van der Waals surface area contributed by atoms with Gasteiger partial charge in [0.2, 0.25) is 0 Å². The lowest BCUT2D eigenvalue weighted by Crippen LogP contribution is -2.35. The lowest BCUT2D eigenvalue weighted by atomic mass is 9.97. The molecular formula is C34H37NO5. The summed E-state index contributed by atoms with van der Waals surface area (Å²) in [6.45, 7) is 7.98. The van der Waals surface area contributed by atoms with Crippen molar-refractivity contribution in [1.82, 2.24) is 4.57 Å². The van der Waals surface area contributed by atoms with Crippen LogP contribution in [0.3, 0.4) is 0 Å². The number of carbonyl (C=O) groups is 2. The molecule has 2 atom stereocenters. The van der Waals surface area contributed by atoms with Gasteiger partial charge in [0.1, 0.15) is 6.04 Å². The summed E-state index contributed by atoms with van der Waals surface area (Å²) < 4.78 is 14.8. The van der Waals surface area contributed by atoms with E-state index >= 15 is 0 Å². The predicted octanol–water partition coefficient (Wildman–Crippen LogP) is 7.98. The number of carboxylic acid groups (broad SMARTS) is 1. The summed E-state index contributed by atoms with van der Waals surface area (Å²) >= 11 is 0. The van der Waals surface area contributed by atoms with E-state index in [0.29, 0.717) is 41.2 Å². The Morgan fingerprint density at radius 2 is 1.65 bits per heavy atom. The van der Waals surface area contributed by atoms with E-state index in [1.807, 2.05) is 44.2 Å². The van der Waals surface area contributed by atoms with Gasteiger partial charge in [-0.2, -0.15) is 0 Å². The number of rotatable bonds is 11. The van der Waals surface area contributed by atoms with Gasteiger partial charge in [-0.25, -0.2) is 4.79 Å². The molecule has 0 aliphatic carbocycles. The summed E-state index contributed by atoms with van der Waals surface area (Å²) in [6, 6.07) is 20.5. The number of hydrogen-bond acceptors (Lipinski definition) is 4. The van der Waals surface area contributed by atoms with Gasteiger partial charge < -0.3 is 19.1 Å². The highest BCUT2D eigenvalue weighted by Crippen LogP contribution is 2.47. The minimum Gasteiger partial charge on any atom is -0.480 e. The van der Waals surface area contributed by atoms with Gasteiger partial charge in [-0.15, -0.1) is 0 Å². The molecule has 0 bridgehead atoms. The van der Waals surface area contributed by atoms with Crippen LogP contribution in [0.25, 0.3) is 10.9 Å². The number of ether oxygens (including phenoxy) is 2. The maximum Gasteiger partial charge on any atom is 0.326 e. The van der Waals surface area contributed by atoms with Gasteiger partial charge in [-0.1, -0.05) is 76.1 Å². The van der Waals surface area contributed by atoms with Crippen LogP contribution in [0, 0.1) is 6.92 Å². The average molecular weight is 540 g/mol. The molecule has 0 radical (unpaired) electrons. The van der Waals surface area contributed by atoms with Crippen LogP contribution in [0.4, 0.5) is 0 Å². The average Bonchev–Trinajstić information content (AvgIpc) is 3.47. The number of hydrogen-bond donors (Lipinski definition) is 1. The van der Waals surface area contributed by atoms with Gasteiger partial charge in [0.05, 0.1) is 5.56 Å². The van der Waals surface area contributed by atoms with Crippen molar-refractivity contribution >= 4 is 22.7 Å². The van der Waals surface area contributed by atoms with E-state index in [1.54, 1.807) is 16.7 Å². The zero-order valence-corrected chi connectivity index (χ0v) is 23.7. The topological polar surface area (TPSA) is 77.8 Å². The molecule has 2 heterocycles. The minimum atomic E-state index is -0.938. The lowest BCUT2D eigenvalue weighted by molar-refractivity contribution is -0.140. The third-order valence-corrected chi connectivity index (χ3v) is 7.91. The van der Waals surface area contributed by atoms with Crippen molar-refractivity contribution in [1.29, 1.82) is 0 Å². The zero-order chi connectivity index (χ0) is 28.4. The number of carboxylic acids is 1. The summed E-state index contributed by atoms with van der Waals surface area (Å²) in [5.74, 6) is -0.875. The van der Waals surface area contributed by atoms with Gasteiger partial charge in [-0.3, -0.25) is 4.79 Å². The first kappa shape index (κ1) is 27.5. The largest absolute Gasteiger partial charge is 0.480 e. The molecule has 0 spiro atoms. The Morgan fingerprint density at radius 3 is 2.33 bits per heavy atom. The van der Waals surface area contributed by atoms with Crippen molar-refractivity contribution in [2.45, 2.75) is 78.0 Å². The molecule has 5 rings (SSSR count). The zero-order valence-electron chi connectivity index (χ0n) is 23.7. The molecule has 2 unspecified atom stereocenters. The molecule has 1 aromatic heterocycles. The number of unbranched alkanes of at least 4 members (excludes halogenated alkanes) is 1. The van der Waals surface area contributed by atoms with Crippen LogP contribution in [-0.2, 0) is 17.0 Å². The van der Waals surface area contributed by atoms with Gasteiger partial charge in [0, 0.05) is 34.1 Å². The Balaban J connectivity index is 1.53. The third kappa shape index (κ3) is 4.76. The van der Waals surface area contributed by atoms with Gasteiger partial charge in [0.25, 0.3) is 5.79 Å². The fraction of sp³-hybridized carbons (Fsp3) is 0.353. The first-order chi connectivity index (χ1) is 19.3. The van der Waals surface area contributed by atoms with Crippen molar-refractivity contribution < 1.29 is 24.2 Å². The van der Waals surface area contributed by atoms with Crippen molar-refractivity contribution in [3.05, 3.63) is 94.7 Å². The SMILES string of the molecule is CCCCC1(c2ccc(CCC)cc2)Oc2ccc(C(=O)c3c(C)n(C(CC)C(=O)O)c4ccccc34)cc2O1. The summed E-state index contributed by atoms with van der Waals surface area (Å²) in [5, 5.41) is 10.6. The first-order valence-corrected chi connectivity index (χ1v) is 14.3. The number of aliphatic carboxylic acids is 1. The number of nitrogens with zero attached hydrogens (tertiary/aromatic N) is 1. The normalized spacial score (nSPS) is 16.8. The van der Waals surface area contributed by atoms with Gasteiger partial charge >= 0.3 is 5.97 Å². The van der Waals surface area contributed by atoms with Crippen LogP contribution in [0.1, 0.15) is 91.7 Å². The molecule has 6 nitrogen and oxygen atoms in total. The number of aryl methyl sites for hydroxylation is 1. The van der Waals surface area contributed by atoms with E-state index in [1.165, 1.54) is 5.56 Å². The molecule has 0 fully saturated rings. The highest BCUT2D eigenvalue weighted by Gasteiger charge is 2.43. The number of para-hydroxylation sites is 1. The summed E-state index contributed by atoms with van der Waals surface area (Å²) in [6.07, 6.45) is 5.14.